The molecule has 0 radical (unpaired) electrons. The minimum absolute atomic E-state index is 0.0165. The standard InChI is InChI=1S/C54H40B2N4/c1-29-13-7-14-30(2)50(29)57-39-21-10-19-35-37-25-27-43-48-53(37)60-54-38(36-20-11-22-40(57)46(36)56(60)45(35)39)26-28-44-49(54)55(48)47-41(58(43)51-31(3)15-8-16-32(51)4)23-12-24-42(47)59(44)52-33(5)17-9-18-34(52)6/h7-28H,1-6H3. The lowest BCUT2D eigenvalue weighted by Crippen LogP contribution is -2.72. The van der Waals surface area contributed by atoms with Gasteiger partial charge in [0.05, 0.1) is 17.1 Å². The van der Waals surface area contributed by atoms with Crippen LogP contribution in [0.1, 0.15) is 33.4 Å². The fourth-order valence-corrected chi connectivity index (χ4v) is 12.7. The molecule has 282 valence electrons. The van der Waals surface area contributed by atoms with Gasteiger partial charge >= 0.3 is 6.85 Å². The molecular formula is C54H40B2N4. The van der Waals surface area contributed by atoms with Crippen molar-refractivity contribution in [1.29, 1.82) is 0 Å². The van der Waals surface area contributed by atoms with Gasteiger partial charge in [-0.25, -0.2) is 0 Å². The van der Waals surface area contributed by atoms with Gasteiger partial charge in [0, 0.05) is 56.6 Å². The van der Waals surface area contributed by atoms with E-state index in [0.717, 1.165) is 0 Å². The zero-order valence-electron chi connectivity index (χ0n) is 34.6. The molecule has 6 heteroatoms. The molecule has 60 heavy (non-hydrogen) atoms. The third kappa shape index (κ3) is 3.66. The van der Waals surface area contributed by atoms with Gasteiger partial charge in [-0.3, -0.25) is 0 Å². The van der Waals surface area contributed by atoms with Gasteiger partial charge in [-0.1, -0.05) is 97.1 Å². The molecule has 0 saturated carbocycles. The number of aryl methyl sites for hydroxylation is 6. The van der Waals surface area contributed by atoms with Gasteiger partial charge in [0.15, 0.2) is 0 Å². The molecule has 4 nitrogen and oxygen atoms in total. The molecule has 0 unspecified atom stereocenters. The number of nitrogens with zero attached hydrogens (tertiary/aromatic N) is 4. The van der Waals surface area contributed by atoms with Crippen LogP contribution >= 0.6 is 0 Å². The summed E-state index contributed by atoms with van der Waals surface area (Å²) in [6.45, 7) is 13.7. The monoisotopic (exact) mass is 766 g/mol. The van der Waals surface area contributed by atoms with E-state index in [1.807, 2.05) is 0 Å². The van der Waals surface area contributed by atoms with Gasteiger partial charge in [0.1, 0.15) is 0 Å². The molecule has 0 saturated heterocycles. The van der Waals surface area contributed by atoms with Crippen molar-refractivity contribution in [3.63, 3.8) is 0 Å². The van der Waals surface area contributed by atoms with Crippen LogP contribution in [0.25, 0.3) is 22.3 Å². The summed E-state index contributed by atoms with van der Waals surface area (Å²) in [4.78, 5) is 10.7. The Morgan fingerprint density at radius 2 is 0.600 bits per heavy atom. The predicted octanol–water partition coefficient (Wildman–Crippen LogP) is 10.6. The molecule has 6 aliphatic rings. The quantitative estimate of drug-likeness (QED) is 0.166. The zero-order chi connectivity index (χ0) is 40.0. The lowest BCUT2D eigenvalue weighted by molar-refractivity contribution is 1.18. The Balaban J connectivity index is 1.19. The third-order valence-corrected chi connectivity index (χ3v) is 14.8. The Morgan fingerprint density at radius 1 is 0.283 bits per heavy atom. The summed E-state index contributed by atoms with van der Waals surface area (Å²) in [6.07, 6.45) is 0. The highest BCUT2D eigenvalue weighted by atomic mass is 15.2. The number of hydrogen-bond acceptors (Lipinski definition) is 4. The van der Waals surface area contributed by atoms with Crippen molar-refractivity contribution < 1.29 is 0 Å². The molecular weight excluding hydrogens is 726 g/mol. The number of benzene rings is 8. The lowest BCUT2D eigenvalue weighted by Gasteiger charge is -2.56. The number of para-hydroxylation sites is 3. The Labute approximate surface area is 352 Å². The van der Waals surface area contributed by atoms with E-state index >= 15 is 0 Å². The number of fused-ring (bicyclic) bond motifs is 2. The molecule has 0 amide bonds. The van der Waals surface area contributed by atoms with Crippen molar-refractivity contribution in [1.82, 2.24) is 0 Å². The molecule has 0 spiro atoms. The highest BCUT2D eigenvalue weighted by Gasteiger charge is 2.57. The van der Waals surface area contributed by atoms with Crippen molar-refractivity contribution in [2.75, 3.05) is 19.5 Å². The van der Waals surface area contributed by atoms with E-state index in [4.69, 9.17) is 0 Å². The maximum absolute atomic E-state index is 2.82. The van der Waals surface area contributed by atoms with Crippen LogP contribution in [0, 0.1) is 41.5 Å². The molecule has 0 aliphatic carbocycles. The first-order valence-electron chi connectivity index (χ1n) is 21.4. The van der Waals surface area contributed by atoms with E-state index in [1.165, 1.54) is 146 Å². The molecule has 0 fully saturated rings. The maximum atomic E-state index is 2.82. The van der Waals surface area contributed by atoms with Gasteiger partial charge in [0.2, 0.25) is 0 Å². The average Bonchev–Trinajstić information content (AvgIpc) is 3.25. The molecule has 14 rings (SSSR count). The second-order valence-corrected chi connectivity index (χ2v) is 17.9. The third-order valence-electron chi connectivity index (χ3n) is 14.8. The van der Waals surface area contributed by atoms with Crippen LogP contribution < -0.4 is 46.8 Å². The SMILES string of the molecule is Cc1cccc(C)c1N1c2cccc3c2B2c4c(cccc41)-c1ccc4c5c1N2c1c-3ccc2c1B5c1c(cccc1N4c1c(C)cccc1C)N2c1c(C)cccc1C. The van der Waals surface area contributed by atoms with Crippen LogP contribution in [0.3, 0.4) is 0 Å². The highest BCUT2D eigenvalue weighted by molar-refractivity contribution is 7.06. The van der Waals surface area contributed by atoms with Gasteiger partial charge in [0.25, 0.3) is 6.71 Å². The van der Waals surface area contributed by atoms with Crippen molar-refractivity contribution in [3.8, 4) is 22.3 Å². The van der Waals surface area contributed by atoms with Crippen LogP contribution in [-0.2, 0) is 0 Å². The molecule has 6 aliphatic heterocycles. The van der Waals surface area contributed by atoms with Crippen molar-refractivity contribution >= 4 is 103 Å². The highest BCUT2D eigenvalue weighted by Crippen LogP contribution is 2.57. The van der Waals surface area contributed by atoms with Crippen molar-refractivity contribution in [2.45, 2.75) is 41.5 Å². The first-order chi connectivity index (χ1) is 29.3. The second kappa shape index (κ2) is 11.0. The van der Waals surface area contributed by atoms with Crippen LogP contribution in [0.15, 0.2) is 133 Å². The molecule has 0 bridgehead atoms. The first kappa shape index (κ1) is 33.0. The van der Waals surface area contributed by atoms with Crippen molar-refractivity contribution in [3.05, 3.63) is 167 Å². The molecule has 0 aromatic heterocycles. The molecule has 0 atom stereocenters. The zero-order valence-corrected chi connectivity index (χ0v) is 34.6. The summed E-state index contributed by atoms with van der Waals surface area (Å²) in [5.41, 5.74) is 34.3. The van der Waals surface area contributed by atoms with Gasteiger partial charge < -0.3 is 19.5 Å². The number of rotatable bonds is 3. The van der Waals surface area contributed by atoms with E-state index in [2.05, 4.69) is 195 Å². The van der Waals surface area contributed by atoms with Crippen LogP contribution in [0.2, 0.25) is 0 Å². The summed E-state index contributed by atoms with van der Waals surface area (Å²) >= 11 is 0. The number of anilines is 11. The lowest BCUT2D eigenvalue weighted by atomic mass is 9.29. The van der Waals surface area contributed by atoms with Crippen LogP contribution in [-0.4, -0.2) is 13.6 Å². The fourth-order valence-electron chi connectivity index (χ4n) is 12.7. The van der Waals surface area contributed by atoms with E-state index in [1.54, 1.807) is 0 Å². The predicted molar refractivity (Wildman–Crippen MR) is 255 cm³/mol. The average molecular weight is 767 g/mol. The van der Waals surface area contributed by atoms with Gasteiger partial charge in [-0.2, -0.15) is 0 Å². The summed E-state index contributed by atoms with van der Waals surface area (Å²) in [5.74, 6) is 0. The summed E-state index contributed by atoms with van der Waals surface area (Å²) < 4.78 is 0. The normalized spacial score (nSPS) is 14.6. The Hall–Kier alpha value is -6.91. The Morgan fingerprint density at radius 3 is 0.983 bits per heavy atom. The Bertz CT molecular complexity index is 3100. The topological polar surface area (TPSA) is 13.0 Å². The van der Waals surface area contributed by atoms with E-state index in [0.29, 0.717) is 0 Å². The fraction of sp³-hybridized carbons (Fsp3) is 0.111. The van der Waals surface area contributed by atoms with Gasteiger partial charge in [-0.15, -0.1) is 0 Å². The van der Waals surface area contributed by atoms with Crippen LogP contribution in [0.5, 0.6) is 0 Å². The van der Waals surface area contributed by atoms with Crippen molar-refractivity contribution in [2.24, 2.45) is 0 Å². The Kier molecular flexibility index (Phi) is 6.06. The molecule has 8 aromatic rings. The van der Waals surface area contributed by atoms with E-state index < -0.39 is 0 Å². The summed E-state index contributed by atoms with van der Waals surface area (Å²) in [6, 6.07) is 51.3. The smallest absolute Gasteiger partial charge is 0.333 e. The molecule has 0 N–H and O–H groups in total. The maximum Gasteiger partial charge on any atom is 0.333 e. The number of hydrogen-bond donors (Lipinski definition) is 0. The van der Waals surface area contributed by atoms with E-state index in [-0.39, 0.29) is 13.6 Å². The first-order valence-corrected chi connectivity index (χ1v) is 21.4. The second-order valence-electron chi connectivity index (χ2n) is 17.9. The minimum atomic E-state index is 0.0165. The molecule has 6 heterocycles. The minimum Gasteiger partial charge on any atom is -0.377 e. The summed E-state index contributed by atoms with van der Waals surface area (Å²) in [7, 11) is 0. The molecule has 8 aromatic carbocycles. The summed E-state index contributed by atoms with van der Waals surface area (Å²) in [5, 5.41) is 0. The van der Waals surface area contributed by atoms with E-state index in [9.17, 15) is 0 Å². The van der Waals surface area contributed by atoms with Crippen LogP contribution in [0.4, 0.5) is 62.6 Å². The van der Waals surface area contributed by atoms with Gasteiger partial charge in [-0.05, 0) is 150 Å². The largest absolute Gasteiger partial charge is 0.377 e.